The van der Waals surface area contributed by atoms with Crippen LogP contribution in [0.4, 0.5) is 0 Å². The molecule has 3 nitrogen and oxygen atoms in total. The Morgan fingerprint density at radius 1 is 1.32 bits per heavy atom. The van der Waals surface area contributed by atoms with E-state index in [0.717, 1.165) is 25.4 Å². The molecule has 1 spiro atoms. The monoisotopic (exact) mass is 260 g/mol. The van der Waals surface area contributed by atoms with Gasteiger partial charge < -0.3 is 10.1 Å². The molecule has 0 aromatic heterocycles. The lowest BCUT2D eigenvalue weighted by atomic mass is 9.94. The van der Waals surface area contributed by atoms with Gasteiger partial charge in [-0.15, -0.1) is 0 Å². The molecule has 19 heavy (non-hydrogen) atoms. The van der Waals surface area contributed by atoms with E-state index < -0.39 is 0 Å². The van der Waals surface area contributed by atoms with Gasteiger partial charge >= 0.3 is 0 Å². The maximum absolute atomic E-state index is 5.31. The van der Waals surface area contributed by atoms with Crippen LogP contribution in [0.2, 0.25) is 0 Å². The van der Waals surface area contributed by atoms with Crippen molar-refractivity contribution in [2.75, 3.05) is 26.7 Å². The Morgan fingerprint density at radius 2 is 2.16 bits per heavy atom. The third-order valence-corrected chi connectivity index (χ3v) is 4.56. The lowest BCUT2D eigenvalue weighted by molar-refractivity contribution is 0.128. The van der Waals surface area contributed by atoms with E-state index in [0.29, 0.717) is 5.54 Å². The first-order chi connectivity index (χ1) is 9.30. The molecular weight excluding hydrogens is 236 g/mol. The van der Waals surface area contributed by atoms with Crippen LogP contribution in [-0.4, -0.2) is 37.2 Å². The minimum absolute atomic E-state index is 0.414. The van der Waals surface area contributed by atoms with Crippen LogP contribution in [0.3, 0.4) is 0 Å². The van der Waals surface area contributed by atoms with E-state index in [1.54, 1.807) is 7.11 Å². The molecule has 1 aliphatic heterocycles. The first kappa shape index (κ1) is 12.9. The second kappa shape index (κ2) is 5.51. The fraction of sp³-hybridized carbons (Fsp3) is 0.625. The normalized spacial score (nSPS) is 22.8. The third-order valence-electron chi connectivity index (χ3n) is 4.56. The molecule has 2 aliphatic rings. The van der Waals surface area contributed by atoms with E-state index in [-0.39, 0.29) is 0 Å². The number of hydrogen-bond acceptors (Lipinski definition) is 3. The lowest BCUT2D eigenvalue weighted by Gasteiger charge is -2.41. The lowest BCUT2D eigenvalue weighted by Crippen LogP contribution is -2.58. The Hall–Kier alpha value is -1.06. The van der Waals surface area contributed by atoms with Gasteiger partial charge in [-0.25, -0.2) is 0 Å². The minimum atomic E-state index is 0.414. The van der Waals surface area contributed by atoms with Crippen molar-refractivity contribution >= 4 is 0 Å². The summed E-state index contributed by atoms with van der Waals surface area (Å²) in [6.45, 7) is 4.52. The molecule has 1 aromatic carbocycles. The SMILES string of the molecule is COc1cccc(CN2CCNC3(CCCC3)C2)c1. The number of nitrogens with one attached hydrogen (secondary N) is 1. The van der Waals surface area contributed by atoms with Gasteiger partial charge in [0.1, 0.15) is 5.75 Å². The van der Waals surface area contributed by atoms with E-state index in [9.17, 15) is 0 Å². The molecule has 3 heteroatoms. The summed E-state index contributed by atoms with van der Waals surface area (Å²) in [5.41, 5.74) is 1.77. The summed E-state index contributed by atoms with van der Waals surface area (Å²) in [5.74, 6) is 0.961. The number of methoxy groups -OCH3 is 1. The van der Waals surface area contributed by atoms with Crippen molar-refractivity contribution in [3.05, 3.63) is 29.8 Å². The van der Waals surface area contributed by atoms with E-state index in [1.807, 2.05) is 6.07 Å². The summed E-state index contributed by atoms with van der Waals surface area (Å²) >= 11 is 0. The molecule has 3 rings (SSSR count). The van der Waals surface area contributed by atoms with Gasteiger partial charge in [0.15, 0.2) is 0 Å². The van der Waals surface area contributed by atoms with E-state index in [2.05, 4.69) is 28.4 Å². The second-order valence-electron chi connectivity index (χ2n) is 5.98. The Morgan fingerprint density at radius 3 is 2.95 bits per heavy atom. The highest BCUT2D eigenvalue weighted by Crippen LogP contribution is 2.32. The molecule has 1 N–H and O–H groups in total. The number of ether oxygens (including phenoxy) is 1. The topological polar surface area (TPSA) is 24.5 Å². The molecule has 1 saturated heterocycles. The van der Waals surface area contributed by atoms with Crippen LogP contribution in [-0.2, 0) is 6.54 Å². The summed E-state index contributed by atoms with van der Waals surface area (Å²) < 4.78 is 5.31. The smallest absolute Gasteiger partial charge is 0.119 e. The van der Waals surface area contributed by atoms with Crippen molar-refractivity contribution in [2.45, 2.75) is 37.8 Å². The average molecular weight is 260 g/mol. The fourth-order valence-corrected chi connectivity index (χ4v) is 3.59. The standard InChI is InChI=1S/C16H24N2O/c1-19-15-6-4-5-14(11-15)12-18-10-9-17-16(13-18)7-2-3-8-16/h4-6,11,17H,2-3,7-10,12-13H2,1H3. The summed E-state index contributed by atoms with van der Waals surface area (Å²) in [7, 11) is 1.73. The van der Waals surface area contributed by atoms with Crippen LogP contribution in [0, 0.1) is 0 Å². The molecule has 1 aromatic rings. The van der Waals surface area contributed by atoms with Crippen molar-refractivity contribution < 1.29 is 4.74 Å². The molecule has 1 saturated carbocycles. The number of benzene rings is 1. The maximum Gasteiger partial charge on any atom is 0.119 e. The zero-order valence-corrected chi connectivity index (χ0v) is 11.8. The molecular formula is C16H24N2O. The second-order valence-corrected chi connectivity index (χ2v) is 5.98. The predicted molar refractivity (Wildman–Crippen MR) is 77.5 cm³/mol. The number of piperazine rings is 1. The zero-order chi connectivity index (χ0) is 13.1. The van der Waals surface area contributed by atoms with Gasteiger partial charge in [-0.3, -0.25) is 4.90 Å². The third kappa shape index (κ3) is 2.93. The maximum atomic E-state index is 5.31. The molecule has 2 fully saturated rings. The van der Waals surface area contributed by atoms with E-state index >= 15 is 0 Å². The Bertz CT molecular complexity index is 427. The number of rotatable bonds is 3. The summed E-state index contributed by atoms with van der Waals surface area (Å²) in [4.78, 5) is 2.59. The Balaban J connectivity index is 1.65. The predicted octanol–water partition coefficient (Wildman–Crippen LogP) is 2.41. The first-order valence-electron chi connectivity index (χ1n) is 7.40. The molecule has 104 valence electrons. The fourth-order valence-electron chi connectivity index (χ4n) is 3.59. The van der Waals surface area contributed by atoms with Gasteiger partial charge in [0.25, 0.3) is 0 Å². The Kier molecular flexibility index (Phi) is 3.76. The van der Waals surface area contributed by atoms with Crippen molar-refractivity contribution in [1.82, 2.24) is 10.2 Å². The summed E-state index contributed by atoms with van der Waals surface area (Å²) in [6.07, 6.45) is 5.48. The van der Waals surface area contributed by atoms with Crippen molar-refractivity contribution in [3.63, 3.8) is 0 Å². The Labute approximate surface area is 115 Å². The first-order valence-corrected chi connectivity index (χ1v) is 7.40. The van der Waals surface area contributed by atoms with Gasteiger partial charge in [0, 0.05) is 31.7 Å². The van der Waals surface area contributed by atoms with Crippen molar-refractivity contribution in [3.8, 4) is 5.75 Å². The quantitative estimate of drug-likeness (QED) is 0.903. The molecule has 1 heterocycles. The van der Waals surface area contributed by atoms with E-state index in [1.165, 1.54) is 37.8 Å². The summed E-state index contributed by atoms with van der Waals surface area (Å²) in [5, 5.41) is 3.77. The van der Waals surface area contributed by atoms with Crippen LogP contribution < -0.4 is 10.1 Å². The van der Waals surface area contributed by atoms with Gasteiger partial charge in [0.2, 0.25) is 0 Å². The highest BCUT2D eigenvalue weighted by Gasteiger charge is 2.37. The molecule has 0 unspecified atom stereocenters. The van der Waals surface area contributed by atoms with Crippen LogP contribution in [0.25, 0.3) is 0 Å². The van der Waals surface area contributed by atoms with Gasteiger partial charge in [-0.05, 0) is 30.5 Å². The zero-order valence-electron chi connectivity index (χ0n) is 11.8. The molecule has 0 radical (unpaired) electrons. The molecule has 0 bridgehead atoms. The van der Waals surface area contributed by atoms with Gasteiger partial charge in [-0.2, -0.15) is 0 Å². The summed E-state index contributed by atoms with van der Waals surface area (Å²) in [6, 6.07) is 8.46. The van der Waals surface area contributed by atoms with Crippen molar-refractivity contribution in [1.29, 1.82) is 0 Å². The molecule has 0 atom stereocenters. The van der Waals surface area contributed by atoms with Gasteiger partial charge in [-0.1, -0.05) is 25.0 Å². The molecule has 0 amide bonds. The number of nitrogens with zero attached hydrogens (tertiary/aromatic N) is 1. The van der Waals surface area contributed by atoms with Gasteiger partial charge in [0.05, 0.1) is 7.11 Å². The highest BCUT2D eigenvalue weighted by atomic mass is 16.5. The van der Waals surface area contributed by atoms with Crippen molar-refractivity contribution in [2.24, 2.45) is 0 Å². The average Bonchev–Trinajstić information content (AvgIpc) is 2.87. The highest BCUT2D eigenvalue weighted by molar-refractivity contribution is 5.28. The molecule has 1 aliphatic carbocycles. The van der Waals surface area contributed by atoms with Crippen LogP contribution >= 0.6 is 0 Å². The van der Waals surface area contributed by atoms with Crippen LogP contribution in [0.5, 0.6) is 5.75 Å². The number of hydrogen-bond donors (Lipinski definition) is 1. The minimum Gasteiger partial charge on any atom is -0.497 e. The van der Waals surface area contributed by atoms with Crippen LogP contribution in [0.1, 0.15) is 31.2 Å². The van der Waals surface area contributed by atoms with Crippen LogP contribution in [0.15, 0.2) is 24.3 Å². The largest absolute Gasteiger partial charge is 0.497 e. The van der Waals surface area contributed by atoms with E-state index in [4.69, 9.17) is 4.74 Å².